The predicted molar refractivity (Wildman–Crippen MR) is 115 cm³/mol. The maximum Gasteiger partial charge on any atom is 0.315 e. The van der Waals surface area contributed by atoms with Gasteiger partial charge in [0.25, 0.3) is 0 Å². The molecule has 0 aliphatic carbocycles. The summed E-state index contributed by atoms with van der Waals surface area (Å²) in [5, 5.41) is 6.00. The molecule has 0 saturated carbocycles. The summed E-state index contributed by atoms with van der Waals surface area (Å²) in [5.74, 6) is 0.781. The minimum atomic E-state index is -0.186. The molecule has 2 aromatic rings. The Labute approximate surface area is 169 Å². The zero-order chi connectivity index (χ0) is 20.5. The van der Waals surface area contributed by atoms with Gasteiger partial charge in [-0.2, -0.15) is 0 Å². The number of nitrogens with zero attached hydrogens (tertiary/aromatic N) is 1. The van der Waals surface area contributed by atoms with Crippen LogP contribution in [0.4, 0.5) is 4.79 Å². The molecule has 2 amide bonds. The number of ether oxygens (including phenoxy) is 1. The van der Waals surface area contributed by atoms with Crippen LogP contribution in [0.3, 0.4) is 0 Å². The molecule has 0 aliphatic heterocycles. The first-order chi connectivity index (χ1) is 13.5. The van der Waals surface area contributed by atoms with Gasteiger partial charge >= 0.3 is 6.03 Å². The molecule has 152 valence electrons. The van der Waals surface area contributed by atoms with Crippen molar-refractivity contribution in [3.05, 3.63) is 64.7 Å². The van der Waals surface area contributed by atoms with Crippen molar-refractivity contribution >= 4 is 6.03 Å². The van der Waals surface area contributed by atoms with Crippen LogP contribution in [0.1, 0.15) is 49.1 Å². The van der Waals surface area contributed by atoms with Gasteiger partial charge in [-0.15, -0.1) is 0 Å². The lowest BCUT2D eigenvalue weighted by atomic mass is 10.0. The molecule has 1 unspecified atom stereocenters. The molecule has 0 radical (unpaired) electrons. The quantitative estimate of drug-likeness (QED) is 0.674. The van der Waals surface area contributed by atoms with E-state index in [9.17, 15) is 4.79 Å². The molecule has 2 aromatic carbocycles. The minimum Gasteiger partial charge on any atom is -0.496 e. The van der Waals surface area contributed by atoms with Gasteiger partial charge in [0.1, 0.15) is 5.75 Å². The number of benzene rings is 2. The Hall–Kier alpha value is -2.53. The van der Waals surface area contributed by atoms with E-state index in [0.717, 1.165) is 42.1 Å². The third-order valence-corrected chi connectivity index (χ3v) is 5.05. The minimum absolute atomic E-state index is 0.152. The Morgan fingerprint density at radius 2 is 1.79 bits per heavy atom. The highest BCUT2D eigenvalue weighted by Gasteiger charge is 2.14. The maximum absolute atomic E-state index is 12.5. The van der Waals surface area contributed by atoms with E-state index in [-0.39, 0.29) is 12.1 Å². The Bertz CT molecular complexity index is 772. The zero-order valence-corrected chi connectivity index (χ0v) is 17.7. The number of carbonyl (C=O) groups excluding carboxylic acids is 1. The summed E-state index contributed by atoms with van der Waals surface area (Å²) < 4.78 is 5.43. The SMILES string of the molecule is CCN(CC)Cc1ccccc1CNC(=O)NC(C)c1cc(C)ccc1OC. The molecule has 1 atom stereocenters. The van der Waals surface area contributed by atoms with Crippen molar-refractivity contribution in [1.29, 1.82) is 0 Å². The number of rotatable bonds is 9. The van der Waals surface area contributed by atoms with Crippen LogP contribution >= 0.6 is 0 Å². The molecule has 2 N–H and O–H groups in total. The highest BCUT2D eigenvalue weighted by Crippen LogP contribution is 2.26. The van der Waals surface area contributed by atoms with E-state index in [1.54, 1.807) is 7.11 Å². The number of carbonyl (C=O) groups is 1. The van der Waals surface area contributed by atoms with E-state index in [0.29, 0.717) is 6.54 Å². The monoisotopic (exact) mass is 383 g/mol. The molecule has 0 heterocycles. The van der Waals surface area contributed by atoms with Crippen LogP contribution < -0.4 is 15.4 Å². The van der Waals surface area contributed by atoms with Gasteiger partial charge in [-0.3, -0.25) is 4.90 Å². The fourth-order valence-electron chi connectivity index (χ4n) is 3.27. The highest BCUT2D eigenvalue weighted by molar-refractivity contribution is 5.74. The van der Waals surface area contributed by atoms with Crippen LogP contribution in [0.25, 0.3) is 0 Å². The van der Waals surface area contributed by atoms with E-state index < -0.39 is 0 Å². The van der Waals surface area contributed by atoms with Gasteiger partial charge in [0.2, 0.25) is 0 Å². The van der Waals surface area contributed by atoms with Crippen molar-refractivity contribution in [3.63, 3.8) is 0 Å². The standard InChI is InChI=1S/C23H33N3O2/c1-6-26(7-2)16-20-11-9-8-10-19(20)15-24-23(27)25-18(4)21-14-17(3)12-13-22(21)28-5/h8-14,18H,6-7,15-16H2,1-5H3,(H2,24,25,27). The van der Waals surface area contributed by atoms with Gasteiger partial charge in [-0.05, 0) is 44.1 Å². The van der Waals surface area contributed by atoms with Crippen LogP contribution in [0.5, 0.6) is 5.75 Å². The topological polar surface area (TPSA) is 53.6 Å². The van der Waals surface area contributed by atoms with Crippen molar-refractivity contribution in [3.8, 4) is 5.75 Å². The van der Waals surface area contributed by atoms with Gasteiger partial charge in [-0.25, -0.2) is 4.79 Å². The van der Waals surface area contributed by atoms with Crippen molar-refractivity contribution in [2.45, 2.75) is 46.8 Å². The van der Waals surface area contributed by atoms with E-state index in [4.69, 9.17) is 4.74 Å². The molecule has 28 heavy (non-hydrogen) atoms. The first-order valence-electron chi connectivity index (χ1n) is 9.96. The second-order valence-electron chi connectivity index (χ2n) is 7.02. The molecule has 0 aliphatic rings. The van der Waals surface area contributed by atoms with Gasteiger partial charge in [0.15, 0.2) is 0 Å². The van der Waals surface area contributed by atoms with E-state index >= 15 is 0 Å². The van der Waals surface area contributed by atoms with Crippen LogP contribution in [-0.2, 0) is 13.1 Å². The summed E-state index contributed by atoms with van der Waals surface area (Å²) >= 11 is 0. The number of nitrogens with one attached hydrogen (secondary N) is 2. The summed E-state index contributed by atoms with van der Waals surface area (Å²) in [6.45, 7) is 11.7. The number of hydrogen-bond acceptors (Lipinski definition) is 3. The van der Waals surface area contributed by atoms with Gasteiger partial charge in [0, 0.05) is 18.7 Å². The summed E-state index contributed by atoms with van der Waals surface area (Å²) in [5.41, 5.74) is 4.50. The predicted octanol–water partition coefficient (Wildman–Crippen LogP) is 4.41. The highest BCUT2D eigenvalue weighted by atomic mass is 16.5. The molecule has 0 aromatic heterocycles. The molecule has 2 rings (SSSR count). The van der Waals surface area contributed by atoms with E-state index in [2.05, 4.69) is 47.6 Å². The number of aryl methyl sites for hydroxylation is 1. The fourth-order valence-corrected chi connectivity index (χ4v) is 3.27. The Morgan fingerprint density at radius 3 is 2.43 bits per heavy atom. The molecular formula is C23H33N3O2. The maximum atomic E-state index is 12.5. The molecule has 0 saturated heterocycles. The van der Waals surface area contributed by atoms with Crippen molar-refractivity contribution in [2.75, 3.05) is 20.2 Å². The van der Waals surface area contributed by atoms with Crippen LogP contribution in [-0.4, -0.2) is 31.1 Å². The van der Waals surface area contributed by atoms with Crippen LogP contribution in [0, 0.1) is 6.92 Å². The first-order valence-corrected chi connectivity index (χ1v) is 9.96. The Kier molecular flexibility index (Phi) is 8.33. The summed E-state index contributed by atoms with van der Waals surface area (Å²) in [7, 11) is 1.65. The number of urea groups is 1. The van der Waals surface area contributed by atoms with Gasteiger partial charge < -0.3 is 15.4 Å². The molecule has 5 nitrogen and oxygen atoms in total. The van der Waals surface area contributed by atoms with E-state index in [1.807, 2.05) is 38.1 Å². The third kappa shape index (κ3) is 5.99. The van der Waals surface area contributed by atoms with Gasteiger partial charge in [0.05, 0.1) is 13.2 Å². The lowest BCUT2D eigenvalue weighted by Gasteiger charge is -2.21. The normalized spacial score (nSPS) is 11.9. The lowest BCUT2D eigenvalue weighted by molar-refractivity contribution is 0.237. The summed E-state index contributed by atoms with van der Waals surface area (Å²) in [6, 6.07) is 13.9. The molecule has 5 heteroatoms. The Balaban J connectivity index is 1.99. The van der Waals surface area contributed by atoms with Crippen molar-refractivity contribution in [1.82, 2.24) is 15.5 Å². The number of methoxy groups -OCH3 is 1. The average molecular weight is 384 g/mol. The second kappa shape index (κ2) is 10.7. The average Bonchev–Trinajstić information content (AvgIpc) is 2.71. The second-order valence-corrected chi connectivity index (χ2v) is 7.02. The smallest absolute Gasteiger partial charge is 0.315 e. The Morgan fingerprint density at radius 1 is 1.11 bits per heavy atom. The first kappa shape index (κ1) is 21.8. The summed E-state index contributed by atoms with van der Waals surface area (Å²) in [6.07, 6.45) is 0. The summed E-state index contributed by atoms with van der Waals surface area (Å²) in [4.78, 5) is 14.8. The molecular weight excluding hydrogens is 350 g/mol. The third-order valence-electron chi connectivity index (χ3n) is 5.05. The zero-order valence-electron chi connectivity index (χ0n) is 17.7. The van der Waals surface area contributed by atoms with E-state index in [1.165, 1.54) is 5.56 Å². The molecule has 0 spiro atoms. The van der Waals surface area contributed by atoms with Crippen molar-refractivity contribution < 1.29 is 9.53 Å². The number of amides is 2. The fraction of sp³-hybridized carbons (Fsp3) is 0.435. The number of hydrogen-bond donors (Lipinski definition) is 2. The molecule has 0 bridgehead atoms. The lowest BCUT2D eigenvalue weighted by Crippen LogP contribution is -2.37. The van der Waals surface area contributed by atoms with Crippen molar-refractivity contribution in [2.24, 2.45) is 0 Å². The molecule has 0 fully saturated rings. The van der Waals surface area contributed by atoms with Gasteiger partial charge in [-0.1, -0.05) is 55.8 Å². The van der Waals surface area contributed by atoms with Crippen LogP contribution in [0.15, 0.2) is 42.5 Å². The largest absolute Gasteiger partial charge is 0.496 e. The van der Waals surface area contributed by atoms with Crippen LogP contribution in [0.2, 0.25) is 0 Å².